The van der Waals surface area contributed by atoms with Crippen molar-refractivity contribution < 1.29 is 9.47 Å². The lowest BCUT2D eigenvalue weighted by Crippen LogP contribution is -2.41. The Morgan fingerprint density at radius 2 is 2.25 bits per heavy atom. The molecule has 3 atom stereocenters. The average molecular weight is 342 g/mol. The van der Waals surface area contributed by atoms with Crippen molar-refractivity contribution >= 4 is 15.9 Å². The lowest BCUT2D eigenvalue weighted by molar-refractivity contribution is 0.0323. The van der Waals surface area contributed by atoms with Crippen molar-refractivity contribution in [2.75, 3.05) is 13.7 Å². The van der Waals surface area contributed by atoms with Crippen LogP contribution in [-0.2, 0) is 11.2 Å². The molecule has 1 aromatic rings. The van der Waals surface area contributed by atoms with Crippen LogP contribution in [0.15, 0.2) is 22.7 Å². The molecule has 4 heteroatoms. The summed E-state index contributed by atoms with van der Waals surface area (Å²) in [5, 5.41) is 3.57. The fourth-order valence-electron chi connectivity index (χ4n) is 2.80. The first-order valence-electron chi connectivity index (χ1n) is 7.35. The minimum Gasteiger partial charge on any atom is -0.497 e. The van der Waals surface area contributed by atoms with Gasteiger partial charge >= 0.3 is 0 Å². The van der Waals surface area contributed by atoms with E-state index in [2.05, 4.69) is 47.2 Å². The van der Waals surface area contributed by atoms with Gasteiger partial charge < -0.3 is 14.8 Å². The van der Waals surface area contributed by atoms with Crippen molar-refractivity contribution in [3.8, 4) is 5.75 Å². The Kier molecular flexibility index (Phi) is 5.87. The molecule has 112 valence electrons. The Balaban J connectivity index is 2.11. The summed E-state index contributed by atoms with van der Waals surface area (Å²) < 4.78 is 12.5. The van der Waals surface area contributed by atoms with E-state index in [1.54, 1.807) is 7.11 Å². The van der Waals surface area contributed by atoms with Gasteiger partial charge in [-0.1, -0.05) is 22.9 Å². The molecule has 0 aliphatic carbocycles. The van der Waals surface area contributed by atoms with Crippen LogP contribution < -0.4 is 10.1 Å². The van der Waals surface area contributed by atoms with Crippen LogP contribution in [0.25, 0.3) is 0 Å². The maximum atomic E-state index is 6.04. The lowest BCUT2D eigenvalue weighted by atomic mass is 9.99. The number of ether oxygens (including phenoxy) is 2. The minimum atomic E-state index is 0.308. The second-order valence-corrected chi connectivity index (χ2v) is 6.24. The molecule has 1 saturated heterocycles. The Bertz CT molecular complexity index is 438. The first-order chi connectivity index (χ1) is 9.63. The van der Waals surface area contributed by atoms with Crippen molar-refractivity contribution in [1.82, 2.24) is 5.32 Å². The molecule has 0 amide bonds. The molecule has 3 unspecified atom stereocenters. The van der Waals surface area contributed by atoms with E-state index in [-0.39, 0.29) is 0 Å². The smallest absolute Gasteiger partial charge is 0.119 e. The van der Waals surface area contributed by atoms with Gasteiger partial charge in [-0.2, -0.15) is 0 Å². The first kappa shape index (κ1) is 15.8. The summed E-state index contributed by atoms with van der Waals surface area (Å²) in [4.78, 5) is 0. The fraction of sp³-hybridized carbons (Fsp3) is 0.625. The number of benzene rings is 1. The van der Waals surface area contributed by atoms with E-state index in [1.165, 1.54) is 5.56 Å². The molecular weight excluding hydrogens is 318 g/mol. The van der Waals surface area contributed by atoms with E-state index in [0.29, 0.717) is 18.2 Å². The van der Waals surface area contributed by atoms with E-state index in [9.17, 15) is 0 Å². The van der Waals surface area contributed by atoms with E-state index in [4.69, 9.17) is 9.47 Å². The average Bonchev–Trinajstić information content (AvgIpc) is 2.87. The number of likely N-dealkylation sites (N-methyl/N-ethyl adjacent to an activating group) is 1. The van der Waals surface area contributed by atoms with E-state index >= 15 is 0 Å². The maximum Gasteiger partial charge on any atom is 0.119 e. The molecule has 1 N–H and O–H groups in total. The minimum absolute atomic E-state index is 0.308. The van der Waals surface area contributed by atoms with Crippen molar-refractivity contribution in [1.29, 1.82) is 0 Å². The molecule has 0 spiro atoms. The summed E-state index contributed by atoms with van der Waals surface area (Å²) in [5.41, 5.74) is 1.26. The van der Waals surface area contributed by atoms with Crippen molar-refractivity contribution in [3.05, 3.63) is 28.2 Å². The van der Waals surface area contributed by atoms with Gasteiger partial charge in [-0.3, -0.25) is 0 Å². The summed E-state index contributed by atoms with van der Waals surface area (Å²) in [5.74, 6) is 0.902. The third-order valence-corrected chi connectivity index (χ3v) is 4.65. The van der Waals surface area contributed by atoms with Crippen LogP contribution in [0.3, 0.4) is 0 Å². The topological polar surface area (TPSA) is 30.5 Å². The Labute approximate surface area is 130 Å². The predicted octanol–water partition coefficient (Wildman–Crippen LogP) is 3.55. The molecule has 1 aromatic carbocycles. The third-order valence-electron chi connectivity index (χ3n) is 3.87. The van der Waals surface area contributed by atoms with Gasteiger partial charge in [-0.15, -0.1) is 0 Å². The summed E-state index contributed by atoms with van der Waals surface area (Å²) in [7, 11) is 1.70. The summed E-state index contributed by atoms with van der Waals surface area (Å²) >= 11 is 3.64. The van der Waals surface area contributed by atoms with E-state index < -0.39 is 0 Å². The van der Waals surface area contributed by atoms with Gasteiger partial charge in [0.15, 0.2) is 0 Å². The van der Waals surface area contributed by atoms with Crippen molar-refractivity contribution in [3.63, 3.8) is 0 Å². The number of hydrogen-bond donors (Lipinski definition) is 1. The Morgan fingerprint density at radius 1 is 1.45 bits per heavy atom. The summed E-state index contributed by atoms with van der Waals surface area (Å²) in [6.45, 7) is 5.26. The Morgan fingerprint density at radius 3 is 2.85 bits per heavy atom. The quantitative estimate of drug-likeness (QED) is 0.858. The predicted molar refractivity (Wildman–Crippen MR) is 85.4 cm³/mol. The second-order valence-electron chi connectivity index (χ2n) is 5.39. The third kappa shape index (κ3) is 3.96. The zero-order valence-corrected chi connectivity index (χ0v) is 14.1. The van der Waals surface area contributed by atoms with Gasteiger partial charge in [-0.05, 0) is 56.5 Å². The number of rotatable bonds is 6. The van der Waals surface area contributed by atoms with Gasteiger partial charge in [0, 0.05) is 10.5 Å². The SMILES string of the molecule is CCNC(Cc1cc(OC)ccc1Br)C1CCC(C)O1. The Hall–Kier alpha value is -0.580. The van der Waals surface area contributed by atoms with E-state index in [1.807, 2.05) is 6.07 Å². The summed E-state index contributed by atoms with van der Waals surface area (Å²) in [6.07, 6.45) is 3.94. The van der Waals surface area contributed by atoms with Gasteiger partial charge in [0.1, 0.15) is 5.75 Å². The van der Waals surface area contributed by atoms with Crippen molar-refractivity contribution in [2.24, 2.45) is 0 Å². The zero-order chi connectivity index (χ0) is 14.5. The van der Waals surface area contributed by atoms with Crippen LogP contribution >= 0.6 is 15.9 Å². The van der Waals surface area contributed by atoms with Gasteiger partial charge in [0.2, 0.25) is 0 Å². The maximum absolute atomic E-state index is 6.04. The highest BCUT2D eigenvalue weighted by atomic mass is 79.9. The zero-order valence-electron chi connectivity index (χ0n) is 12.5. The molecule has 0 aromatic heterocycles. The molecule has 0 saturated carbocycles. The largest absolute Gasteiger partial charge is 0.497 e. The standard InChI is InChI=1S/C16H24BrNO2/c1-4-18-15(16-8-5-11(2)20-16)10-12-9-13(19-3)6-7-14(12)17/h6-7,9,11,15-16,18H,4-5,8,10H2,1-3H3. The molecule has 2 rings (SSSR count). The lowest BCUT2D eigenvalue weighted by Gasteiger charge is -2.25. The van der Waals surface area contributed by atoms with E-state index in [0.717, 1.165) is 36.0 Å². The van der Waals surface area contributed by atoms with Crippen LogP contribution in [0.5, 0.6) is 5.75 Å². The molecule has 1 aliphatic heterocycles. The van der Waals surface area contributed by atoms with Gasteiger partial charge in [0.05, 0.1) is 19.3 Å². The highest BCUT2D eigenvalue weighted by Crippen LogP contribution is 2.28. The van der Waals surface area contributed by atoms with Crippen LogP contribution in [0.2, 0.25) is 0 Å². The van der Waals surface area contributed by atoms with Gasteiger partial charge in [0.25, 0.3) is 0 Å². The highest BCUT2D eigenvalue weighted by Gasteiger charge is 2.29. The summed E-state index contributed by atoms with van der Waals surface area (Å²) in [6, 6.07) is 6.49. The second kappa shape index (κ2) is 7.43. The molecule has 1 heterocycles. The molecular formula is C16H24BrNO2. The molecule has 3 nitrogen and oxygen atoms in total. The van der Waals surface area contributed by atoms with Gasteiger partial charge in [-0.25, -0.2) is 0 Å². The normalized spacial score (nSPS) is 23.8. The fourth-order valence-corrected chi connectivity index (χ4v) is 3.21. The van der Waals surface area contributed by atoms with Crippen molar-refractivity contribution in [2.45, 2.75) is 51.4 Å². The number of hydrogen-bond acceptors (Lipinski definition) is 3. The van der Waals surface area contributed by atoms with Crippen LogP contribution in [-0.4, -0.2) is 31.9 Å². The highest BCUT2D eigenvalue weighted by molar-refractivity contribution is 9.10. The number of halogens is 1. The van der Waals surface area contributed by atoms with Crippen LogP contribution in [0.4, 0.5) is 0 Å². The molecule has 0 radical (unpaired) electrons. The monoisotopic (exact) mass is 341 g/mol. The number of nitrogens with one attached hydrogen (secondary N) is 1. The molecule has 1 fully saturated rings. The van der Waals surface area contributed by atoms with Crippen LogP contribution in [0.1, 0.15) is 32.3 Å². The molecule has 0 bridgehead atoms. The first-order valence-corrected chi connectivity index (χ1v) is 8.14. The molecule has 20 heavy (non-hydrogen) atoms. The molecule has 1 aliphatic rings. The number of methoxy groups -OCH3 is 1. The van der Waals surface area contributed by atoms with Crippen LogP contribution in [0, 0.1) is 0 Å².